The maximum Gasteiger partial charge on any atom is 0.417 e. The molecular formula is C22H17F3N6O2. The van der Waals surface area contributed by atoms with E-state index in [2.05, 4.69) is 25.6 Å². The third kappa shape index (κ3) is 4.22. The molecule has 5 rings (SSSR count). The van der Waals surface area contributed by atoms with E-state index in [1.165, 1.54) is 17.1 Å². The molecule has 4 heterocycles. The van der Waals surface area contributed by atoms with Gasteiger partial charge in [-0.15, -0.1) is 0 Å². The van der Waals surface area contributed by atoms with E-state index in [9.17, 15) is 18.0 Å². The Kier molecular flexibility index (Phi) is 5.17. The summed E-state index contributed by atoms with van der Waals surface area (Å²) in [5.41, 5.74) is 1.43. The Labute approximate surface area is 185 Å². The number of fused-ring (bicyclic) bond motifs is 2. The SMILES string of the molecule is O=C(Nc1cncc(C(F)(F)F)c1)n1ccc2cc(Oc3ncnc4c3CCNC4)ccc21. The van der Waals surface area contributed by atoms with Crippen LogP contribution in [0.5, 0.6) is 11.6 Å². The number of rotatable bonds is 3. The minimum absolute atomic E-state index is 0.0559. The Morgan fingerprint density at radius 2 is 2.03 bits per heavy atom. The minimum Gasteiger partial charge on any atom is -0.439 e. The van der Waals surface area contributed by atoms with Crippen molar-refractivity contribution in [2.24, 2.45) is 0 Å². The van der Waals surface area contributed by atoms with Gasteiger partial charge in [0.15, 0.2) is 0 Å². The zero-order valence-corrected chi connectivity index (χ0v) is 17.1. The van der Waals surface area contributed by atoms with Crippen LogP contribution in [0, 0.1) is 0 Å². The zero-order chi connectivity index (χ0) is 23.0. The van der Waals surface area contributed by atoms with Crippen molar-refractivity contribution in [1.29, 1.82) is 0 Å². The van der Waals surface area contributed by atoms with Gasteiger partial charge in [0.1, 0.15) is 12.1 Å². The quantitative estimate of drug-likeness (QED) is 0.478. The predicted octanol–water partition coefficient (Wildman–Crippen LogP) is 4.36. The summed E-state index contributed by atoms with van der Waals surface area (Å²) >= 11 is 0. The highest BCUT2D eigenvalue weighted by Gasteiger charge is 2.31. The normalized spacial score (nSPS) is 13.5. The summed E-state index contributed by atoms with van der Waals surface area (Å²) < 4.78 is 46.0. The smallest absolute Gasteiger partial charge is 0.417 e. The molecule has 0 bridgehead atoms. The first kappa shape index (κ1) is 20.9. The van der Waals surface area contributed by atoms with Crippen molar-refractivity contribution in [3.8, 4) is 11.6 Å². The average Bonchev–Trinajstić information content (AvgIpc) is 3.22. The second-order valence-corrected chi connectivity index (χ2v) is 7.43. The average molecular weight is 454 g/mol. The van der Waals surface area contributed by atoms with E-state index in [-0.39, 0.29) is 5.69 Å². The Balaban J connectivity index is 1.37. The van der Waals surface area contributed by atoms with Gasteiger partial charge in [0.05, 0.1) is 28.7 Å². The van der Waals surface area contributed by atoms with Gasteiger partial charge in [0.25, 0.3) is 0 Å². The Morgan fingerprint density at radius 1 is 1.15 bits per heavy atom. The molecule has 0 atom stereocenters. The van der Waals surface area contributed by atoms with Crippen molar-refractivity contribution < 1.29 is 22.7 Å². The lowest BCUT2D eigenvalue weighted by molar-refractivity contribution is -0.137. The van der Waals surface area contributed by atoms with Crippen molar-refractivity contribution >= 4 is 22.6 Å². The maximum atomic E-state index is 12.9. The van der Waals surface area contributed by atoms with Crippen LogP contribution < -0.4 is 15.4 Å². The number of amides is 1. The van der Waals surface area contributed by atoms with E-state index in [1.54, 1.807) is 24.3 Å². The molecule has 33 heavy (non-hydrogen) atoms. The van der Waals surface area contributed by atoms with Crippen molar-refractivity contribution in [3.05, 3.63) is 72.1 Å². The molecule has 0 unspecified atom stereocenters. The number of halogens is 3. The molecule has 8 nitrogen and oxygen atoms in total. The molecule has 0 radical (unpaired) electrons. The van der Waals surface area contributed by atoms with Crippen LogP contribution in [0.4, 0.5) is 23.7 Å². The van der Waals surface area contributed by atoms with Crippen LogP contribution in [0.1, 0.15) is 16.8 Å². The largest absolute Gasteiger partial charge is 0.439 e. The van der Waals surface area contributed by atoms with Gasteiger partial charge in [0.2, 0.25) is 5.88 Å². The summed E-state index contributed by atoms with van der Waals surface area (Å²) in [5.74, 6) is 1.04. The highest BCUT2D eigenvalue weighted by molar-refractivity contribution is 5.98. The van der Waals surface area contributed by atoms with Gasteiger partial charge >= 0.3 is 12.2 Å². The molecule has 3 aromatic heterocycles. The maximum absolute atomic E-state index is 12.9. The van der Waals surface area contributed by atoms with Crippen LogP contribution in [-0.2, 0) is 19.1 Å². The van der Waals surface area contributed by atoms with Gasteiger partial charge in [-0.1, -0.05) is 0 Å². The van der Waals surface area contributed by atoms with Crippen LogP contribution in [0.25, 0.3) is 10.9 Å². The minimum atomic E-state index is -4.55. The first-order valence-corrected chi connectivity index (χ1v) is 10.0. The second-order valence-electron chi connectivity index (χ2n) is 7.43. The van der Waals surface area contributed by atoms with Crippen molar-refractivity contribution in [2.45, 2.75) is 19.1 Å². The van der Waals surface area contributed by atoms with E-state index in [4.69, 9.17) is 4.74 Å². The molecule has 0 saturated carbocycles. The number of pyridine rings is 1. The summed E-state index contributed by atoms with van der Waals surface area (Å²) in [6.07, 6.45) is 1.06. The van der Waals surface area contributed by atoms with Crippen molar-refractivity contribution in [1.82, 2.24) is 24.8 Å². The van der Waals surface area contributed by atoms with E-state index >= 15 is 0 Å². The molecule has 4 aromatic rings. The second kappa shape index (κ2) is 8.17. The summed E-state index contributed by atoms with van der Waals surface area (Å²) in [7, 11) is 0. The summed E-state index contributed by atoms with van der Waals surface area (Å²) in [5, 5.41) is 6.41. The number of nitrogens with one attached hydrogen (secondary N) is 2. The Bertz CT molecular complexity index is 1350. The number of nitrogens with zero attached hydrogens (tertiary/aromatic N) is 4. The molecule has 2 N–H and O–H groups in total. The summed E-state index contributed by atoms with van der Waals surface area (Å²) in [4.78, 5) is 24.8. The van der Waals surface area contributed by atoms with Crippen LogP contribution in [0.3, 0.4) is 0 Å². The molecule has 1 aliphatic rings. The van der Waals surface area contributed by atoms with Gasteiger partial charge in [-0.05, 0) is 43.3 Å². The van der Waals surface area contributed by atoms with Crippen LogP contribution >= 0.6 is 0 Å². The lowest BCUT2D eigenvalue weighted by Crippen LogP contribution is -2.25. The standard InChI is InChI=1S/C22H17F3N6O2/c23-22(24,25)14-8-15(10-27-9-14)30-21(32)31-6-4-13-7-16(1-2-19(13)31)33-20-17-3-5-26-11-18(17)28-12-29-20/h1-2,4,6-10,12,26H,3,5,11H2,(H,30,32). The highest BCUT2D eigenvalue weighted by Crippen LogP contribution is 2.31. The Morgan fingerprint density at radius 3 is 2.88 bits per heavy atom. The molecule has 0 aliphatic carbocycles. The molecule has 0 spiro atoms. The fourth-order valence-corrected chi connectivity index (χ4v) is 3.66. The molecule has 168 valence electrons. The number of aromatic nitrogens is 4. The third-order valence-corrected chi connectivity index (χ3v) is 5.25. The molecule has 0 fully saturated rings. The molecular weight excluding hydrogens is 437 g/mol. The van der Waals surface area contributed by atoms with E-state index < -0.39 is 17.8 Å². The molecule has 11 heteroatoms. The van der Waals surface area contributed by atoms with E-state index in [1.807, 2.05) is 0 Å². The first-order valence-electron chi connectivity index (χ1n) is 10.0. The van der Waals surface area contributed by atoms with Gasteiger partial charge in [-0.2, -0.15) is 13.2 Å². The van der Waals surface area contributed by atoms with Gasteiger partial charge in [-0.3, -0.25) is 9.55 Å². The lowest BCUT2D eigenvalue weighted by atomic mass is 10.1. The van der Waals surface area contributed by atoms with E-state index in [0.717, 1.165) is 41.9 Å². The monoisotopic (exact) mass is 454 g/mol. The van der Waals surface area contributed by atoms with Gasteiger partial charge in [-0.25, -0.2) is 14.8 Å². The number of carbonyl (C=O) groups excluding carboxylic acids is 1. The summed E-state index contributed by atoms with van der Waals surface area (Å²) in [6.45, 7) is 1.47. The zero-order valence-electron chi connectivity index (χ0n) is 17.1. The van der Waals surface area contributed by atoms with Crippen LogP contribution in [0.15, 0.2) is 55.2 Å². The fourth-order valence-electron chi connectivity index (χ4n) is 3.66. The Hall–Kier alpha value is -3.99. The number of ether oxygens (including phenoxy) is 1. The lowest BCUT2D eigenvalue weighted by Gasteiger charge is -2.18. The number of anilines is 1. The molecule has 1 aromatic carbocycles. The van der Waals surface area contributed by atoms with Crippen LogP contribution in [-0.4, -0.2) is 32.1 Å². The van der Waals surface area contributed by atoms with Crippen molar-refractivity contribution in [2.75, 3.05) is 11.9 Å². The number of carbonyl (C=O) groups is 1. The number of benzene rings is 1. The summed E-state index contributed by atoms with van der Waals surface area (Å²) in [6, 6.07) is 7.10. The topological polar surface area (TPSA) is 94.0 Å². The number of alkyl halides is 3. The number of hydrogen-bond donors (Lipinski definition) is 2. The predicted molar refractivity (Wildman–Crippen MR) is 113 cm³/mol. The van der Waals surface area contributed by atoms with Gasteiger partial charge in [0, 0.05) is 29.9 Å². The number of hydrogen-bond acceptors (Lipinski definition) is 6. The van der Waals surface area contributed by atoms with Crippen molar-refractivity contribution in [3.63, 3.8) is 0 Å². The highest BCUT2D eigenvalue weighted by atomic mass is 19.4. The first-order chi connectivity index (χ1) is 15.9. The van der Waals surface area contributed by atoms with Gasteiger partial charge < -0.3 is 15.4 Å². The van der Waals surface area contributed by atoms with E-state index in [0.29, 0.717) is 29.9 Å². The molecule has 0 saturated heterocycles. The third-order valence-electron chi connectivity index (χ3n) is 5.25. The molecule has 1 amide bonds. The fraction of sp³-hybridized carbons (Fsp3) is 0.182. The molecule has 1 aliphatic heterocycles. The van der Waals surface area contributed by atoms with Crippen LogP contribution in [0.2, 0.25) is 0 Å².